The van der Waals surface area contributed by atoms with E-state index < -0.39 is 0 Å². The Balaban J connectivity index is 1.12. The van der Waals surface area contributed by atoms with E-state index in [-0.39, 0.29) is 0 Å². The number of rotatable bonds is 5. The molecule has 0 bridgehead atoms. The Morgan fingerprint density at radius 2 is 0.981 bits per heavy atom. The van der Waals surface area contributed by atoms with Crippen LogP contribution < -0.4 is 4.90 Å². The van der Waals surface area contributed by atoms with Gasteiger partial charge in [-0.15, -0.1) is 0 Å². The van der Waals surface area contributed by atoms with Crippen LogP contribution in [0.1, 0.15) is 0 Å². The SMILES string of the molecule is c1cc(-c2cccc3oc4c5ccccc5ccc4c23)cc(N(c2ccc(-c3cccc4ccccc34)cc2)c2cccc3oc4ccccc4c23)c1. The number of para-hydroxylation sites is 1. The van der Waals surface area contributed by atoms with E-state index in [9.17, 15) is 0 Å². The van der Waals surface area contributed by atoms with Crippen LogP contribution in [0.15, 0.2) is 197 Å². The number of fused-ring (bicyclic) bond motifs is 9. The van der Waals surface area contributed by atoms with Crippen LogP contribution in [0.4, 0.5) is 17.1 Å². The largest absolute Gasteiger partial charge is 0.456 e. The van der Waals surface area contributed by atoms with Crippen LogP contribution in [0.3, 0.4) is 0 Å². The van der Waals surface area contributed by atoms with Gasteiger partial charge in [0.1, 0.15) is 22.3 Å². The summed E-state index contributed by atoms with van der Waals surface area (Å²) < 4.78 is 13.0. The molecule has 0 N–H and O–H groups in total. The summed E-state index contributed by atoms with van der Waals surface area (Å²) in [6, 6.07) is 66.8. The van der Waals surface area contributed by atoms with Crippen molar-refractivity contribution < 1.29 is 8.83 Å². The van der Waals surface area contributed by atoms with Gasteiger partial charge < -0.3 is 13.7 Å². The Hall–Kier alpha value is -7.10. The molecule has 3 nitrogen and oxygen atoms in total. The van der Waals surface area contributed by atoms with Crippen LogP contribution in [-0.2, 0) is 0 Å². The first-order chi connectivity index (χ1) is 26.3. The number of hydrogen-bond acceptors (Lipinski definition) is 3. The smallest absolute Gasteiger partial charge is 0.143 e. The Morgan fingerprint density at radius 1 is 0.340 bits per heavy atom. The van der Waals surface area contributed by atoms with Gasteiger partial charge in [-0.25, -0.2) is 0 Å². The van der Waals surface area contributed by atoms with Gasteiger partial charge in [0.15, 0.2) is 0 Å². The molecule has 0 spiro atoms. The molecule has 0 aliphatic carbocycles. The second-order valence-electron chi connectivity index (χ2n) is 13.7. The highest BCUT2D eigenvalue weighted by molar-refractivity contribution is 6.19. The molecule has 0 fully saturated rings. The molecule has 0 radical (unpaired) electrons. The minimum Gasteiger partial charge on any atom is -0.456 e. The van der Waals surface area contributed by atoms with Gasteiger partial charge in [0, 0.05) is 32.9 Å². The van der Waals surface area contributed by atoms with Crippen molar-refractivity contribution >= 4 is 82.5 Å². The van der Waals surface area contributed by atoms with Gasteiger partial charge >= 0.3 is 0 Å². The first-order valence-electron chi connectivity index (χ1n) is 18.0. The molecule has 0 saturated heterocycles. The maximum absolute atomic E-state index is 6.58. The highest BCUT2D eigenvalue weighted by Crippen LogP contribution is 2.45. The lowest BCUT2D eigenvalue weighted by atomic mass is 9.97. The Labute approximate surface area is 305 Å². The normalized spacial score (nSPS) is 11.8. The topological polar surface area (TPSA) is 29.5 Å². The van der Waals surface area contributed by atoms with E-state index in [4.69, 9.17) is 8.83 Å². The van der Waals surface area contributed by atoms with Gasteiger partial charge in [-0.2, -0.15) is 0 Å². The van der Waals surface area contributed by atoms with Gasteiger partial charge in [-0.1, -0.05) is 133 Å². The Kier molecular flexibility index (Phi) is 6.55. The first kappa shape index (κ1) is 29.6. The van der Waals surface area contributed by atoms with Crippen LogP contribution in [0.2, 0.25) is 0 Å². The van der Waals surface area contributed by atoms with Crippen molar-refractivity contribution in [2.45, 2.75) is 0 Å². The van der Waals surface area contributed by atoms with Crippen molar-refractivity contribution in [1.82, 2.24) is 0 Å². The molecule has 53 heavy (non-hydrogen) atoms. The highest BCUT2D eigenvalue weighted by atomic mass is 16.3. The van der Waals surface area contributed by atoms with Crippen molar-refractivity contribution in [3.8, 4) is 22.3 Å². The van der Waals surface area contributed by atoms with Crippen molar-refractivity contribution in [2.24, 2.45) is 0 Å². The molecule has 11 rings (SSSR count). The number of furan rings is 2. The molecule has 2 heterocycles. The molecule has 9 aromatic carbocycles. The second-order valence-corrected chi connectivity index (χ2v) is 13.7. The van der Waals surface area contributed by atoms with Crippen molar-refractivity contribution in [3.05, 3.63) is 188 Å². The minimum absolute atomic E-state index is 0.860. The van der Waals surface area contributed by atoms with E-state index in [1.54, 1.807) is 0 Å². The van der Waals surface area contributed by atoms with Crippen molar-refractivity contribution in [1.29, 1.82) is 0 Å². The third-order valence-electron chi connectivity index (χ3n) is 10.7. The van der Waals surface area contributed by atoms with Gasteiger partial charge in [0.05, 0.1) is 11.1 Å². The zero-order valence-corrected chi connectivity index (χ0v) is 28.7. The fourth-order valence-corrected chi connectivity index (χ4v) is 8.24. The van der Waals surface area contributed by atoms with E-state index in [1.165, 1.54) is 27.3 Å². The molecule has 2 aromatic heterocycles. The first-order valence-corrected chi connectivity index (χ1v) is 18.0. The summed E-state index contributed by atoms with van der Waals surface area (Å²) in [4.78, 5) is 2.36. The second kappa shape index (κ2) is 11.7. The summed E-state index contributed by atoms with van der Waals surface area (Å²) >= 11 is 0. The van der Waals surface area contributed by atoms with Gasteiger partial charge in [0.25, 0.3) is 0 Å². The molecule has 0 amide bonds. The molecule has 248 valence electrons. The Morgan fingerprint density at radius 3 is 1.85 bits per heavy atom. The monoisotopic (exact) mass is 677 g/mol. The third kappa shape index (κ3) is 4.68. The summed E-state index contributed by atoms with van der Waals surface area (Å²) in [7, 11) is 0. The fourth-order valence-electron chi connectivity index (χ4n) is 8.24. The average molecular weight is 678 g/mol. The van der Waals surface area contributed by atoms with E-state index in [2.05, 4.69) is 181 Å². The van der Waals surface area contributed by atoms with E-state index in [0.717, 1.165) is 77.5 Å². The lowest BCUT2D eigenvalue weighted by Crippen LogP contribution is -2.10. The van der Waals surface area contributed by atoms with Gasteiger partial charge in [-0.3, -0.25) is 0 Å². The predicted molar refractivity (Wildman–Crippen MR) is 222 cm³/mol. The van der Waals surface area contributed by atoms with Crippen LogP contribution in [0, 0.1) is 0 Å². The summed E-state index contributed by atoms with van der Waals surface area (Å²) in [5.41, 5.74) is 11.4. The summed E-state index contributed by atoms with van der Waals surface area (Å²) in [5, 5.41) is 9.20. The minimum atomic E-state index is 0.860. The summed E-state index contributed by atoms with van der Waals surface area (Å²) in [6.07, 6.45) is 0. The number of benzene rings is 9. The van der Waals surface area contributed by atoms with Crippen molar-refractivity contribution in [2.75, 3.05) is 4.90 Å². The van der Waals surface area contributed by atoms with E-state index in [0.29, 0.717) is 0 Å². The van der Waals surface area contributed by atoms with Gasteiger partial charge in [0.2, 0.25) is 0 Å². The molecule has 0 atom stereocenters. The van der Waals surface area contributed by atoms with E-state index in [1.807, 2.05) is 12.1 Å². The number of hydrogen-bond donors (Lipinski definition) is 0. The molecule has 11 aromatic rings. The van der Waals surface area contributed by atoms with E-state index >= 15 is 0 Å². The summed E-state index contributed by atoms with van der Waals surface area (Å²) in [5.74, 6) is 0. The van der Waals surface area contributed by atoms with Crippen LogP contribution in [0.25, 0.3) is 87.7 Å². The Bertz CT molecular complexity index is 3180. The molecular formula is C50H31NO2. The fraction of sp³-hybridized carbons (Fsp3) is 0. The summed E-state index contributed by atoms with van der Waals surface area (Å²) in [6.45, 7) is 0. The molecule has 0 aliphatic rings. The zero-order chi connectivity index (χ0) is 34.9. The maximum atomic E-state index is 6.58. The third-order valence-corrected chi connectivity index (χ3v) is 10.7. The quantitative estimate of drug-likeness (QED) is 0.182. The molecule has 0 unspecified atom stereocenters. The molecule has 0 aliphatic heterocycles. The predicted octanol–water partition coefficient (Wildman–Crippen LogP) is 14.6. The lowest BCUT2D eigenvalue weighted by molar-refractivity contribution is 0.669. The standard InChI is InChI=1S/C50H31NO2/c1-3-16-38-32(11-1)13-8-19-39(38)34-25-28-36(29-26-34)51(44-21-10-24-47-49(44)42-18-5-6-22-45(42)52-47)37-15-7-14-35(31-37)40-20-9-23-46-48(40)43-30-27-33-12-2-4-17-41(33)50(43)53-46/h1-31H. The number of nitrogens with zero attached hydrogens (tertiary/aromatic N) is 1. The molecular weight excluding hydrogens is 647 g/mol. The average Bonchev–Trinajstić information content (AvgIpc) is 3.81. The number of anilines is 3. The maximum Gasteiger partial charge on any atom is 0.143 e. The van der Waals surface area contributed by atoms with Crippen LogP contribution in [0.5, 0.6) is 0 Å². The lowest BCUT2D eigenvalue weighted by Gasteiger charge is -2.27. The van der Waals surface area contributed by atoms with Crippen molar-refractivity contribution in [3.63, 3.8) is 0 Å². The van der Waals surface area contributed by atoms with Crippen LogP contribution >= 0.6 is 0 Å². The van der Waals surface area contributed by atoms with Gasteiger partial charge in [-0.05, 0) is 93.0 Å². The highest BCUT2D eigenvalue weighted by Gasteiger charge is 2.21. The molecule has 0 saturated carbocycles. The molecule has 3 heteroatoms. The zero-order valence-electron chi connectivity index (χ0n) is 28.7. The van der Waals surface area contributed by atoms with Crippen LogP contribution in [-0.4, -0.2) is 0 Å².